The van der Waals surface area contributed by atoms with Gasteiger partial charge < -0.3 is 5.32 Å². The summed E-state index contributed by atoms with van der Waals surface area (Å²) < 4.78 is 0. The maximum absolute atomic E-state index is 10.5. The third kappa shape index (κ3) is 2.96. The summed E-state index contributed by atoms with van der Waals surface area (Å²) in [5, 5.41) is 2.86. The largest absolute Gasteiger partial charge is 0.347 e. The minimum Gasteiger partial charge on any atom is -0.347 e. The summed E-state index contributed by atoms with van der Waals surface area (Å²) in [6, 6.07) is 5.53. The maximum Gasteiger partial charge on any atom is 0.154 e. The van der Waals surface area contributed by atoms with Gasteiger partial charge >= 0.3 is 0 Å². The van der Waals surface area contributed by atoms with E-state index in [1.54, 1.807) is 12.4 Å². The van der Waals surface area contributed by atoms with Crippen LogP contribution in [0.15, 0.2) is 36.7 Å². The monoisotopic (exact) mass is 162 g/mol. The number of nitrogens with zero attached hydrogens (tertiary/aromatic N) is 1. The second-order valence-electron chi connectivity index (χ2n) is 2.30. The minimum atomic E-state index is 0.0124. The third-order valence-electron chi connectivity index (χ3n) is 1.21. The molecular weight excluding hydrogens is 152 g/mol. The van der Waals surface area contributed by atoms with Gasteiger partial charge in [0.05, 0.1) is 0 Å². The lowest BCUT2D eigenvalue weighted by molar-refractivity contribution is -0.112. The molecule has 0 aliphatic heterocycles. The summed E-state index contributed by atoms with van der Waals surface area (Å²) in [6.45, 7) is 1.50. The lowest BCUT2D eigenvalue weighted by Gasteiger charge is -1.95. The van der Waals surface area contributed by atoms with Crippen LogP contribution in [-0.4, -0.2) is 10.8 Å². The zero-order valence-corrected chi connectivity index (χ0v) is 6.82. The number of anilines is 1. The molecule has 3 heteroatoms. The van der Waals surface area contributed by atoms with Gasteiger partial charge in [0, 0.05) is 12.4 Å². The fraction of sp³-hybridized carbons (Fsp3) is 0.111. The molecule has 0 saturated heterocycles. The van der Waals surface area contributed by atoms with Crippen molar-refractivity contribution in [2.24, 2.45) is 0 Å². The van der Waals surface area contributed by atoms with Crippen molar-refractivity contribution in [2.75, 3.05) is 5.32 Å². The van der Waals surface area contributed by atoms with Crippen molar-refractivity contribution in [1.82, 2.24) is 4.98 Å². The Kier molecular flexibility index (Phi) is 3.02. The Balaban J connectivity index is 2.49. The summed E-state index contributed by atoms with van der Waals surface area (Å²) in [6.07, 6.45) is 4.71. The van der Waals surface area contributed by atoms with Gasteiger partial charge in [-0.15, -0.1) is 0 Å². The molecule has 1 aromatic heterocycles. The van der Waals surface area contributed by atoms with Crippen molar-refractivity contribution in [1.29, 1.82) is 0 Å². The van der Waals surface area contributed by atoms with Gasteiger partial charge in [-0.2, -0.15) is 0 Å². The minimum absolute atomic E-state index is 0.0124. The average molecular weight is 162 g/mol. The molecular formula is C9H10N2O. The Morgan fingerprint density at radius 2 is 2.42 bits per heavy atom. The molecule has 0 atom stereocenters. The predicted octanol–water partition coefficient (Wildman–Crippen LogP) is 1.60. The smallest absolute Gasteiger partial charge is 0.154 e. The molecule has 0 aliphatic rings. The van der Waals surface area contributed by atoms with Crippen LogP contribution >= 0.6 is 0 Å². The summed E-state index contributed by atoms with van der Waals surface area (Å²) in [5.74, 6) is 0.744. The van der Waals surface area contributed by atoms with Crippen LogP contribution in [0.3, 0.4) is 0 Å². The van der Waals surface area contributed by atoms with E-state index in [0.717, 1.165) is 5.82 Å². The number of aromatic nitrogens is 1. The maximum atomic E-state index is 10.5. The van der Waals surface area contributed by atoms with Gasteiger partial charge in [0.2, 0.25) is 0 Å². The van der Waals surface area contributed by atoms with Crippen LogP contribution < -0.4 is 5.32 Å². The van der Waals surface area contributed by atoms with Gasteiger partial charge in [-0.3, -0.25) is 4.79 Å². The quantitative estimate of drug-likeness (QED) is 0.686. The molecule has 1 N–H and O–H groups in total. The number of pyridine rings is 1. The van der Waals surface area contributed by atoms with Crippen LogP contribution in [0.25, 0.3) is 0 Å². The Morgan fingerprint density at radius 1 is 1.58 bits per heavy atom. The fourth-order valence-corrected chi connectivity index (χ4v) is 0.693. The van der Waals surface area contributed by atoms with Crippen LogP contribution in [0, 0.1) is 0 Å². The van der Waals surface area contributed by atoms with E-state index < -0.39 is 0 Å². The van der Waals surface area contributed by atoms with Crippen LogP contribution in [-0.2, 0) is 4.79 Å². The summed E-state index contributed by atoms with van der Waals surface area (Å²) in [5.41, 5.74) is 0. The van der Waals surface area contributed by atoms with E-state index in [4.69, 9.17) is 0 Å². The number of carbonyl (C=O) groups excluding carboxylic acids is 1. The number of ketones is 1. The van der Waals surface area contributed by atoms with Gasteiger partial charge in [-0.1, -0.05) is 6.07 Å². The highest BCUT2D eigenvalue weighted by Crippen LogP contribution is 1.98. The van der Waals surface area contributed by atoms with E-state index in [0.29, 0.717) is 0 Å². The molecule has 0 amide bonds. The molecule has 12 heavy (non-hydrogen) atoms. The Hall–Kier alpha value is -1.64. The van der Waals surface area contributed by atoms with Crippen molar-refractivity contribution in [3.63, 3.8) is 0 Å². The molecule has 1 heterocycles. The molecule has 0 fully saturated rings. The molecule has 0 bridgehead atoms. The molecule has 3 nitrogen and oxygen atoms in total. The highest BCUT2D eigenvalue weighted by molar-refractivity contribution is 5.87. The van der Waals surface area contributed by atoms with Crippen molar-refractivity contribution in [3.05, 3.63) is 36.7 Å². The molecule has 1 aromatic rings. The second-order valence-corrected chi connectivity index (χ2v) is 2.30. The number of carbonyl (C=O) groups is 1. The summed E-state index contributed by atoms with van der Waals surface area (Å²) in [7, 11) is 0. The van der Waals surface area contributed by atoms with Crippen LogP contribution in [0.2, 0.25) is 0 Å². The van der Waals surface area contributed by atoms with Crippen molar-refractivity contribution in [2.45, 2.75) is 6.92 Å². The first-order valence-corrected chi connectivity index (χ1v) is 3.64. The van der Waals surface area contributed by atoms with Crippen molar-refractivity contribution in [3.8, 4) is 0 Å². The first kappa shape index (κ1) is 8.46. The van der Waals surface area contributed by atoms with E-state index in [9.17, 15) is 4.79 Å². The summed E-state index contributed by atoms with van der Waals surface area (Å²) in [4.78, 5) is 14.5. The SMILES string of the molecule is CC(=O)C=CNc1ccccn1. The number of hydrogen-bond donors (Lipinski definition) is 1. The van der Waals surface area contributed by atoms with Crippen molar-refractivity contribution >= 4 is 11.6 Å². The number of rotatable bonds is 3. The van der Waals surface area contributed by atoms with Gasteiger partial charge in [0.15, 0.2) is 5.78 Å². The third-order valence-corrected chi connectivity index (χ3v) is 1.21. The Labute approximate surface area is 71.1 Å². The first-order valence-electron chi connectivity index (χ1n) is 3.64. The topological polar surface area (TPSA) is 42.0 Å². The normalized spacial score (nSPS) is 10.1. The Bertz CT molecular complexity index is 280. The summed E-state index contributed by atoms with van der Waals surface area (Å²) >= 11 is 0. The van der Waals surface area contributed by atoms with Gasteiger partial charge in [-0.25, -0.2) is 4.98 Å². The average Bonchev–Trinajstić information content (AvgIpc) is 2.05. The molecule has 0 radical (unpaired) electrons. The number of hydrogen-bond acceptors (Lipinski definition) is 3. The highest BCUT2D eigenvalue weighted by Gasteiger charge is 1.85. The van der Waals surface area contributed by atoms with Gasteiger partial charge in [-0.05, 0) is 25.1 Å². The van der Waals surface area contributed by atoms with Crippen LogP contribution in [0.5, 0.6) is 0 Å². The lowest BCUT2D eigenvalue weighted by atomic mass is 10.4. The van der Waals surface area contributed by atoms with E-state index in [1.807, 2.05) is 18.2 Å². The van der Waals surface area contributed by atoms with Crippen LogP contribution in [0.4, 0.5) is 5.82 Å². The predicted molar refractivity (Wildman–Crippen MR) is 47.7 cm³/mol. The molecule has 1 rings (SSSR count). The number of nitrogens with one attached hydrogen (secondary N) is 1. The van der Waals surface area contributed by atoms with E-state index >= 15 is 0 Å². The highest BCUT2D eigenvalue weighted by atomic mass is 16.1. The molecule has 0 aliphatic carbocycles. The zero-order valence-electron chi connectivity index (χ0n) is 6.82. The van der Waals surface area contributed by atoms with Crippen LogP contribution in [0.1, 0.15) is 6.92 Å². The van der Waals surface area contributed by atoms with Gasteiger partial charge in [0.1, 0.15) is 5.82 Å². The first-order chi connectivity index (χ1) is 5.79. The van der Waals surface area contributed by atoms with Gasteiger partial charge in [0.25, 0.3) is 0 Å². The molecule has 0 aromatic carbocycles. The molecule has 62 valence electrons. The van der Waals surface area contributed by atoms with E-state index in [2.05, 4.69) is 10.3 Å². The lowest BCUT2D eigenvalue weighted by Crippen LogP contribution is -1.91. The molecule has 0 spiro atoms. The molecule has 0 saturated carbocycles. The van der Waals surface area contributed by atoms with E-state index in [1.165, 1.54) is 13.0 Å². The standard InChI is InChI=1S/C9H10N2O/c1-8(12)5-7-11-9-4-2-3-6-10-9/h2-7H,1H3,(H,10,11). The zero-order chi connectivity index (χ0) is 8.81. The molecule has 0 unspecified atom stereocenters. The fourth-order valence-electron chi connectivity index (χ4n) is 0.693. The van der Waals surface area contributed by atoms with Crippen molar-refractivity contribution < 1.29 is 4.79 Å². The number of allylic oxidation sites excluding steroid dienone is 1. The Morgan fingerprint density at radius 3 is 3.00 bits per heavy atom. The van der Waals surface area contributed by atoms with E-state index in [-0.39, 0.29) is 5.78 Å². The second kappa shape index (κ2) is 4.28.